The van der Waals surface area contributed by atoms with Crippen LogP contribution in [0.2, 0.25) is 0 Å². The van der Waals surface area contributed by atoms with Crippen molar-refractivity contribution in [2.75, 3.05) is 19.5 Å². The molecule has 0 aliphatic heterocycles. The van der Waals surface area contributed by atoms with E-state index in [2.05, 4.69) is 20.4 Å². The summed E-state index contributed by atoms with van der Waals surface area (Å²) < 4.78 is 51.9. The molecule has 0 fully saturated rings. The lowest BCUT2D eigenvalue weighted by Gasteiger charge is -2.14. The number of rotatable bonds is 8. The fourth-order valence-electron chi connectivity index (χ4n) is 3.61. The lowest BCUT2D eigenvalue weighted by Crippen LogP contribution is -2.10. The third-order valence-corrected chi connectivity index (χ3v) is 5.37. The van der Waals surface area contributed by atoms with E-state index in [9.17, 15) is 18.0 Å². The van der Waals surface area contributed by atoms with E-state index >= 15 is 0 Å². The summed E-state index contributed by atoms with van der Waals surface area (Å²) in [5.41, 5.74) is 1.15. The molecular weight excluding hydrogens is 503 g/mol. The van der Waals surface area contributed by atoms with E-state index in [4.69, 9.17) is 14.6 Å². The number of carboxylic acid groups (broad SMARTS) is 1. The average Bonchev–Trinajstić information content (AvgIpc) is 3.29. The van der Waals surface area contributed by atoms with E-state index < -0.39 is 17.8 Å². The molecule has 0 aliphatic rings. The fourth-order valence-corrected chi connectivity index (χ4v) is 3.61. The summed E-state index contributed by atoms with van der Waals surface area (Å²) in [6.45, 7) is 1.49. The summed E-state index contributed by atoms with van der Waals surface area (Å²) >= 11 is 0. The average molecular weight is 525 g/mol. The van der Waals surface area contributed by atoms with Crippen molar-refractivity contribution in [1.82, 2.24) is 19.7 Å². The molecule has 0 aliphatic carbocycles. The molecule has 38 heavy (non-hydrogen) atoms. The molecule has 2 heterocycles. The van der Waals surface area contributed by atoms with Gasteiger partial charge in [-0.25, -0.2) is 14.5 Å². The molecule has 2 aromatic carbocycles. The van der Waals surface area contributed by atoms with Crippen LogP contribution < -0.4 is 14.8 Å². The van der Waals surface area contributed by atoms with Crippen LogP contribution in [0.3, 0.4) is 0 Å². The summed E-state index contributed by atoms with van der Waals surface area (Å²) in [5.74, 6) is 0.0744. The van der Waals surface area contributed by atoms with E-state index in [1.54, 1.807) is 42.5 Å². The minimum absolute atomic E-state index is 0.0874. The van der Waals surface area contributed by atoms with Gasteiger partial charge in [0.15, 0.2) is 11.5 Å². The summed E-state index contributed by atoms with van der Waals surface area (Å²) in [5, 5.41) is 15.7. The van der Waals surface area contributed by atoms with Crippen LogP contribution in [-0.4, -0.2) is 45.0 Å². The van der Waals surface area contributed by atoms with E-state index in [0.29, 0.717) is 33.9 Å². The van der Waals surface area contributed by atoms with Gasteiger partial charge in [-0.1, -0.05) is 18.2 Å². The van der Waals surface area contributed by atoms with Gasteiger partial charge in [0.25, 0.3) is 0 Å². The van der Waals surface area contributed by atoms with Gasteiger partial charge >= 0.3 is 12.1 Å². The molecule has 4 aromatic rings. The fraction of sp³-hybridized carbons (Fsp3) is 0.154. The van der Waals surface area contributed by atoms with E-state index in [1.165, 1.54) is 33.4 Å². The molecule has 12 heteroatoms. The van der Waals surface area contributed by atoms with Gasteiger partial charge in [0.2, 0.25) is 5.95 Å². The Morgan fingerprint density at radius 2 is 1.79 bits per heavy atom. The third kappa shape index (κ3) is 5.91. The number of methoxy groups -OCH3 is 2. The normalized spacial score (nSPS) is 11.5. The molecule has 0 saturated heterocycles. The highest BCUT2D eigenvalue weighted by atomic mass is 19.4. The Labute approximate surface area is 215 Å². The number of nitrogens with zero attached hydrogens (tertiary/aromatic N) is 4. The number of hydrogen-bond donors (Lipinski definition) is 2. The molecule has 2 N–H and O–H groups in total. The van der Waals surface area contributed by atoms with Gasteiger partial charge in [0.1, 0.15) is 11.5 Å². The van der Waals surface area contributed by atoms with Gasteiger partial charge in [0.05, 0.1) is 14.2 Å². The van der Waals surface area contributed by atoms with Crippen LogP contribution in [0, 0.1) is 6.92 Å². The maximum Gasteiger partial charge on any atom is 0.435 e. The van der Waals surface area contributed by atoms with Crippen molar-refractivity contribution in [2.45, 2.75) is 13.1 Å². The number of ether oxygens (including phenoxy) is 2. The SMILES string of the molecule is COc1cc(Nc2ncc(-c3cccc(/C=C/C(=O)O)c3)c(-n3nc(C(F)(F)F)cc3C)n2)cc(OC)c1. The Hall–Kier alpha value is -4.87. The Kier molecular flexibility index (Phi) is 7.33. The van der Waals surface area contributed by atoms with Gasteiger partial charge in [-0.05, 0) is 36.3 Å². The number of anilines is 2. The molecule has 0 saturated carbocycles. The number of halogens is 3. The molecule has 0 amide bonds. The van der Waals surface area contributed by atoms with E-state index in [0.717, 1.165) is 16.8 Å². The van der Waals surface area contributed by atoms with E-state index in [1.807, 2.05) is 0 Å². The highest BCUT2D eigenvalue weighted by molar-refractivity contribution is 5.86. The standard InChI is InChI=1S/C26H22F3N5O4/c1-15-9-22(26(27,28)29)33-34(15)24-21(17-6-4-5-16(10-17)7-8-23(35)36)14-30-25(32-24)31-18-11-19(37-2)13-20(12-18)38-3/h4-14H,1-3H3,(H,35,36)(H,30,31,32)/b8-7+. The molecule has 2 aromatic heterocycles. The quantitative estimate of drug-likeness (QED) is 0.290. The Morgan fingerprint density at radius 3 is 2.39 bits per heavy atom. The predicted octanol–water partition coefficient (Wildman–Crippen LogP) is 5.52. The largest absolute Gasteiger partial charge is 0.497 e. The number of aliphatic carboxylic acids is 1. The minimum Gasteiger partial charge on any atom is -0.497 e. The Bertz CT molecular complexity index is 1490. The maximum atomic E-state index is 13.4. The summed E-state index contributed by atoms with van der Waals surface area (Å²) in [7, 11) is 3.00. The lowest BCUT2D eigenvalue weighted by molar-refractivity contribution is -0.141. The highest BCUT2D eigenvalue weighted by Crippen LogP contribution is 2.33. The number of nitrogens with one attached hydrogen (secondary N) is 1. The molecule has 0 radical (unpaired) electrons. The smallest absolute Gasteiger partial charge is 0.435 e. The molecule has 0 unspecified atom stereocenters. The first-order valence-corrected chi connectivity index (χ1v) is 11.1. The summed E-state index contributed by atoms with van der Waals surface area (Å²) in [6.07, 6.45) is -0.808. The molecule has 0 atom stereocenters. The first-order valence-electron chi connectivity index (χ1n) is 11.1. The second kappa shape index (κ2) is 10.6. The zero-order valence-corrected chi connectivity index (χ0v) is 20.4. The van der Waals surface area contributed by atoms with Crippen molar-refractivity contribution in [2.24, 2.45) is 0 Å². The van der Waals surface area contributed by atoms with Crippen LogP contribution in [0.1, 0.15) is 17.0 Å². The number of carbonyl (C=O) groups is 1. The van der Waals surface area contributed by atoms with Crippen molar-refractivity contribution < 1.29 is 32.5 Å². The van der Waals surface area contributed by atoms with Crippen LogP contribution >= 0.6 is 0 Å². The van der Waals surface area contributed by atoms with Gasteiger partial charge in [-0.15, -0.1) is 0 Å². The lowest BCUT2D eigenvalue weighted by atomic mass is 10.0. The third-order valence-electron chi connectivity index (χ3n) is 5.37. The van der Waals surface area contributed by atoms with Crippen LogP contribution in [0.5, 0.6) is 11.5 Å². The molecule has 0 bridgehead atoms. The van der Waals surface area contributed by atoms with Gasteiger partial charge in [-0.3, -0.25) is 0 Å². The predicted molar refractivity (Wildman–Crippen MR) is 134 cm³/mol. The van der Waals surface area contributed by atoms with Gasteiger partial charge in [-0.2, -0.15) is 23.3 Å². The summed E-state index contributed by atoms with van der Waals surface area (Å²) in [4.78, 5) is 19.8. The second-order valence-corrected chi connectivity index (χ2v) is 8.03. The first-order chi connectivity index (χ1) is 18.1. The minimum atomic E-state index is -4.65. The molecule has 196 valence electrons. The van der Waals surface area contributed by atoms with Crippen molar-refractivity contribution in [3.8, 4) is 28.4 Å². The Balaban J connectivity index is 1.85. The zero-order valence-electron chi connectivity index (χ0n) is 20.4. The number of alkyl halides is 3. The zero-order chi connectivity index (χ0) is 27.4. The van der Waals surface area contributed by atoms with Crippen LogP contribution in [0.15, 0.2) is 60.8 Å². The second-order valence-electron chi connectivity index (χ2n) is 8.03. The maximum absolute atomic E-state index is 13.4. The number of aromatic nitrogens is 4. The molecule has 4 rings (SSSR count). The number of aryl methyl sites for hydroxylation is 1. The molecule has 0 spiro atoms. The van der Waals surface area contributed by atoms with Gasteiger partial charge in [0, 0.05) is 47.4 Å². The van der Waals surface area contributed by atoms with Crippen LogP contribution in [0.4, 0.5) is 24.8 Å². The van der Waals surface area contributed by atoms with Crippen molar-refractivity contribution in [1.29, 1.82) is 0 Å². The number of carboxylic acids is 1. The first kappa shape index (κ1) is 26.2. The Morgan fingerprint density at radius 1 is 1.08 bits per heavy atom. The molecule has 9 nitrogen and oxygen atoms in total. The topological polar surface area (TPSA) is 111 Å². The highest BCUT2D eigenvalue weighted by Gasteiger charge is 2.35. The van der Waals surface area contributed by atoms with Gasteiger partial charge < -0.3 is 19.9 Å². The van der Waals surface area contributed by atoms with Crippen LogP contribution in [0.25, 0.3) is 23.0 Å². The van der Waals surface area contributed by atoms with Crippen molar-refractivity contribution in [3.63, 3.8) is 0 Å². The van der Waals surface area contributed by atoms with Crippen LogP contribution in [-0.2, 0) is 11.0 Å². The summed E-state index contributed by atoms with van der Waals surface area (Å²) in [6, 6.07) is 12.7. The molecular formula is C26H22F3N5O4. The van der Waals surface area contributed by atoms with E-state index in [-0.39, 0.29) is 17.5 Å². The number of hydrogen-bond acceptors (Lipinski definition) is 7. The van der Waals surface area contributed by atoms with Crippen molar-refractivity contribution in [3.05, 3.63) is 77.8 Å². The monoisotopic (exact) mass is 525 g/mol. The van der Waals surface area contributed by atoms with Crippen molar-refractivity contribution >= 4 is 23.7 Å². The number of benzene rings is 2.